The number of furan rings is 1. The summed E-state index contributed by atoms with van der Waals surface area (Å²) in [5.41, 5.74) is 1.61. The smallest absolute Gasteiger partial charge is 0.245 e. The van der Waals surface area contributed by atoms with Crippen LogP contribution < -0.4 is 10.6 Å². The molecular formula is C22H30N2O3. The third-order valence-electron chi connectivity index (χ3n) is 5.46. The van der Waals surface area contributed by atoms with Crippen LogP contribution in [0.1, 0.15) is 43.4 Å². The number of aliphatic hydroxyl groups excluding tert-OH is 1. The second kappa shape index (κ2) is 9.09. The van der Waals surface area contributed by atoms with Gasteiger partial charge in [-0.05, 0) is 44.0 Å². The van der Waals surface area contributed by atoms with Crippen LogP contribution in [0.2, 0.25) is 0 Å². The quantitative estimate of drug-likeness (QED) is 0.663. The maximum Gasteiger partial charge on any atom is 0.245 e. The summed E-state index contributed by atoms with van der Waals surface area (Å²) in [6, 6.07) is 11.9. The summed E-state index contributed by atoms with van der Waals surface area (Å²) >= 11 is 0. The molecule has 1 aromatic carbocycles. The Hall–Kier alpha value is -2.27. The van der Waals surface area contributed by atoms with Crippen molar-refractivity contribution in [3.63, 3.8) is 0 Å². The number of hydrogen-bond acceptors (Lipinski definition) is 4. The molecule has 5 heteroatoms. The molecular weight excluding hydrogens is 340 g/mol. The van der Waals surface area contributed by atoms with E-state index in [9.17, 15) is 9.90 Å². The zero-order valence-corrected chi connectivity index (χ0v) is 16.0. The van der Waals surface area contributed by atoms with Crippen LogP contribution in [0.15, 0.2) is 47.1 Å². The van der Waals surface area contributed by atoms with Crippen LogP contribution in [0.4, 0.5) is 5.69 Å². The van der Waals surface area contributed by atoms with Gasteiger partial charge in [0.25, 0.3) is 0 Å². The summed E-state index contributed by atoms with van der Waals surface area (Å²) in [6.07, 6.45) is 7.16. The molecule has 0 aliphatic heterocycles. The monoisotopic (exact) mass is 370 g/mol. The van der Waals surface area contributed by atoms with E-state index in [2.05, 4.69) is 29.7 Å². The van der Waals surface area contributed by atoms with E-state index >= 15 is 0 Å². The summed E-state index contributed by atoms with van der Waals surface area (Å²) in [5.74, 6) is 0.800. The molecule has 1 aliphatic rings. The standard InChI is InChI=1S/C22H30N2O3/c1-17-7-9-19(10-8-17)24-22(11-3-2-4-12-22)21(26)23-15-18(16-25)14-20-6-5-13-27-20/h5-10,13,18,24-25H,2-4,11-12,14-16H2,1H3,(H,23,26). The predicted molar refractivity (Wildman–Crippen MR) is 107 cm³/mol. The zero-order valence-electron chi connectivity index (χ0n) is 16.0. The summed E-state index contributed by atoms with van der Waals surface area (Å²) < 4.78 is 5.36. The molecule has 3 N–H and O–H groups in total. The summed E-state index contributed by atoms with van der Waals surface area (Å²) in [4.78, 5) is 13.1. The van der Waals surface area contributed by atoms with E-state index in [1.165, 1.54) is 12.0 Å². The molecule has 1 fully saturated rings. The minimum atomic E-state index is -0.571. The van der Waals surface area contributed by atoms with E-state index in [1.807, 2.05) is 24.3 Å². The zero-order chi connectivity index (χ0) is 19.1. The van der Waals surface area contributed by atoms with Crippen molar-refractivity contribution >= 4 is 11.6 Å². The van der Waals surface area contributed by atoms with Gasteiger partial charge in [0.05, 0.1) is 6.26 Å². The lowest BCUT2D eigenvalue weighted by atomic mass is 9.80. The lowest BCUT2D eigenvalue weighted by Gasteiger charge is -2.38. The molecule has 5 nitrogen and oxygen atoms in total. The fraction of sp³-hybridized carbons (Fsp3) is 0.500. The van der Waals surface area contributed by atoms with Crippen molar-refractivity contribution in [2.45, 2.75) is 51.0 Å². The molecule has 1 heterocycles. The Bertz CT molecular complexity index is 704. The van der Waals surface area contributed by atoms with Crippen molar-refractivity contribution in [2.75, 3.05) is 18.5 Å². The highest BCUT2D eigenvalue weighted by Gasteiger charge is 2.39. The first-order valence-electron chi connectivity index (χ1n) is 9.88. The Morgan fingerprint density at radius 1 is 1.19 bits per heavy atom. The highest BCUT2D eigenvalue weighted by Crippen LogP contribution is 2.32. The van der Waals surface area contributed by atoms with E-state index in [0.717, 1.165) is 37.1 Å². The Labute approximate surface area is 161 Å². The molecule has 27 heavy (non-hydrogen) atoms. The maximum absolute atomic E-state index is 13.1. The third-order valence-corrected chi connectivity index (χ3v) is 5.46. The lowest BCUT2D eigenvalue weighted by Crippen LogP contribution is -2.54. The Kier molecular flexibility index (Phi) is 6.56. The minimum absolute atomic E-state index is 0.0133. The molecule has 1 aromatic heterocycles. The highest BCUT2D eigenvalue weighted by molar-refractivity contribution is 5.89. The fourth-order valence-electron chi connectivity index (χ4n) is 3.80. The van der Waals surface area contributed by atoms with Gasteiger partial charge in [0.1, 0.15) is 11.3 Å². The van der Waals surface area contributed by atoms with Crippen LogP contribution in [-0.4, -0.2) is 29.7 Å². The van der Waals surface area contributed by atoms with Crippen LogP contribution in [0, 0.1) is 12.8 Å². The Morgan fingerprint density at radius 3 is 2.56 bits per heavy atom. The summed E-state index contributed by atoms with van der Waals surface area (Å²) in [7, 11) is 0. The van der Waals surface area contributed by atoms with E-state index in [0.29, 0.717) is 13.0 Å². The summed E-state index contributed by atoms with van der Waals surface area (Å²) in [6.45, 7) is 2.51. The molecule has 0 radical (unpaired) electrons. The van der Waals surface area contributed by atoms with Gasteiger partial charge in [-0.2, -0.15) is 0 Å². The first-order chi connectivity index (χ1) is 13.1. The molecule has 1 aliphatic carbocycles. The Morgan fingerprint density at radius 2 is 1.93 bits per heavy atom. The van der Waals surface area contributed by atoms with E-state index in [4.69, 9.17) is 4.42 Å². The maximum atomic E-state index is 13.1. The van der Waals surface area contributed by atoms with Gasteiger partial charge in [-0.15, -0.1) is 0 Å². The predicted octanol–water partition coefficient (Wildman–Crippen LogP) is 3.67. The highest BCUT2D eigenvalue weighted by atomic mass is 16.3. The third kappa shape index (κ3) is 5.13. The van der Waals surface area contributed by atoms with Crippen molar-refractivity contribution in [3.8, 4) is 0 Å². The average molecular weight is 370 g/mol. The van der Waals surface area contributed by atoms with Crippen LogP contribution in [0.5, 0.6) is 0 Å². The van der Waals surface area contributed by atoms with Crippen molar-refractivity contribution in [1.82, 2.24) is 5.32 Å². The van der Waals surface area contributed by atoms with Gasteiger partial charge in [0.15, 0.2) is 0 Å². The van der Waals surface area contributed by atoms with Gasteiger partial charge in [-0.1, -0.05) is 37.0 Å². The molecule has 0 saturated heterocycles. The van der Waals surface area contributed by atoms with E-state index < -0.39 is 5.54 Å². The first-order valence-corrected chi connectivity index (χ1v) is 9.88. The lowest BCUT2D eigenvalue weighted by molar-refractivity contribution is -0.126. The van der Waals surface area contributed by atoms with Gasteiger partial charge in [-0.3, -0.25) is 4.79 Å². The minimum Gasteiger partial charge on any atom is -0.469 e. The molecule has 1 amide bonds. The van der Waals surface area contributed by atoms with Crippen LogP contribution in [-0.2, 0) is 11.2 Å². The van der Waals surface area contributed by atoms with Gasteiger partial charge in [0.2, 0.25) is 5.91 Å². The first kappa shape index (κ1) is 19.5. The number of hydrogen-bond donors (Lipinski definition) is 3. The molecule has 0 spiro atoms. The number of carbonyl (C=O) groups is 1. The molecule has 146 valence electrons. The van der Waals surface area contributed by atoms with Gasteiger partial charge in [0, 0.05) is 31.2 Å². The number of aryl methyl sites for hydroxylation is 1. The van der Waals surface area contributed by atoms with Crippen molar-refractivity contribution in [3.05, 3.63) is 54.0 Å². The molecule has 1 atom stereocenters. The van der Waals surface area contributed by atoms with Crippen molar-refractivity contribution in [2.24, 2.45) is 5.92 Å². The number of amides is 1. The van der Waals surface area contributed by atoms with Gasteiger partial charge < -0.3 is 20.2 Å². The number of aliphatic hydroxyl groups is 1. The second-order valence-electron chi connectivity index (χ2n) is 7.68. The van der Waals surface area contributed by atoms with Gasteiger partial charge in [-0.25, -0.2) is 0 Å². The molecule has 2 aromatic rings. The van der Waals surface area contributed by atoms with E-state index in [-0.39, 0.29) is 18.4 Å². The number of anilines is 1. The van der Waals surface area contributed by atoms with Gasteiger partial charge >= 0.3 is 0 Å². The van der Waals surface area contributed by atoms with Crippen LogP contribution >= 0.6 is 0 Å². The second-order valence-corrected chi connectivity index (χ2v) is 7.68. The number of carbonyl (C=O) groups excluding carboxylic acids is 1. The fourth-order valence-corrected chi connectivity index (χ4v) is 3.80. The van der Waals surface area contributed by atoms with Crippen molar-refractivity contribution < 1.29 is 14.3 Å². The number of benzene rings is 1. The number of nitrogens with one attached hydrogen (secondary N) is 2. The van der Waals surface area contributed by atoms with Crippen molar-refractivity contribution in [1.29, 1.82) is 0 Å². The molecule has 3 rings (SSSR count). The van der Waals surface area contributed by atoms with Crippen LogP contribution in [0.3, 0.4) is 0 Å². The normalized spacial score (nSPS) is 17.3. The Balaban J connectivity index is 1.64. The largest absolute Gasteiger partial charge is 0.469 e. The average Bonchev–Trinajstić information content (AvgIpc) is 3.20. The molecule has 0 bridgehead atoms. The van der Waals surface area contributed by atoms with E-state index in [1.54, 1.807) is 6.26 Å². The molecule has 1 saturated carbocycles. The SMILES string of the molecule is Cc1ccc(NC2(C(=O)NCC(CO)Cc3ccco3)CCCCC2)cc1. The summed E-state index contributed by atoms with van der Waals surface area (Å²) in [5, 5.41) is 16.3. The molecule has 1 unspecified atom stereocenters. The van der Waals surface area contributed by atoms with Crippen LogP contribution in [0.25, 0.3) is 0 Å². The topological polar surface area (TPSA) is 74.5 Å². The number of rotatable bonds is 8.